The summed E-state index contributed by atoms with van der Waals surface area (Å²) < 4.78 is 32.0. The molecule has 1 heterocycles. The highest BCUT2D eigenvalue weighted by Gasteiger charge is 2.26. The van der Waals surface area contributed by atoms with Gasteiger partial charge in [-0.3, -0.25) is 0 Å². The quantitative estimate of drug-likeness (QED) is 0.745. The molecule has 1 nitrogen and oxygen atoms in total. The molecule has 1 aliphatic heterocycles. The number of rotatable bonds is 4. The van der Waals surface area contributed by atoms with Crippen LogP contribution in [0.4, 0.5) is 8.78 Å². The Balaban J connectivity index is 1.70. The lowest BCUT2D eigenvalue weighted by atomic mass is 9.93. The molecule has 4 heteroatoms. The molecule has 2 aromatic rings. The highest BCUT2D eigenvalue weighted by molar-refractivity contribution is 6.18. The largest absolute Gasteiger partial charge is 0.490 e. The van der Waals surface area contributed by atoms with Gasteiger partial charge in [0.2, 0.25) is 0 Å². The molecule has 110 valence electrons. The van der Waals surface area contributed by atoms with Crippen molar-refractivity contribution in [3.63, 3.8) is 0 Å². The minimum atomic E-state index is -0.257. The zero-order chi connectivity index (χ0) is 14.8. The van der Waals surface area contributed by atoms with Crippen LogP contribution in [-0.4, -0.2) is 12.0 Å². The van der Waals surface area contributed by atoms with E-state index in [4.69, 9.17) is 16.3 Å². The summed E-state index contributed by atoms with van der Waals surface area (Å²) in [5, 5.41) is 0. The lowest BCUT2D eigenvalue weighted by Gasteiger charge is -2.19. The Kier molecular flexibility index (Phi) is 4.11. The number of ether oxygens (including phenoxy) is 1. The molecular weight excluding hydrogens is 294 g/mol. The van der Waals surface area contributed by atoms with Crippen LogP contribution in [0.5, 0.6) is 5.75 Å². The highest BCUT2D eigenvalue weighted by atomic mass is 35.5. The molecule has 3 rings (SSSR count). The SMILES string of the molecule is Fc1ccc(C(CCl)CC2Cc3cc(F)ccc3O2)cc1. The van der Waals surface area contributed by atoms with E-state index in [0.717, 1.165) is 23.3 Å². The van der Waals surface area contributed by atoms with Gasteiger partial charge < -0.3 is 4.74 Å². The Morgan fingerprint density at radius 1 is 1.10 bits per heavy atom. The molecule has 0 saturated carbocycles. The monoisotopic (exact) mass is 308 g/mol. The molecule has 2 aromatic carbocycles. The number of alkyl halides is 1. The number of fused-ring (bicyclic) bond motifs is 1. The normalized spacial score (nSPS) is 18.1. The molecule has 2 unspecified atom stereocenters. The lowest BCUT2D eigenvalue weighted by molar-refractivity contribution is 0.213. The minimum Gasteiger partial charge on any atom is -0.490 e. The number of benzene rings is 2. The maximum Gasteiger partial charge on any atom is 0.123 e. The van der Waals surface area contributed by atoms with Crippen molar-refractivity contribution < 1.29 is 13.5 Å². The predicted octanol–water partition coefficient (Wildman–Crippen LogP) is 4.68. The van der Waals surface area contributed by atoms with Gasteiger partial charge in [-0.1, -0.05) is 12.1 Å². The molecule has 1 aliphatic rings. The second-order valence-electron chi connectivity index (χ2n) is 5.33. The third-order valence-electron chi connectivity index (χ3n) is 3.84. The topological polar surface area (TPSA) is 9.23 Å². The van der Waals surface area contributed by atoms with E-state index in [0.29, 0.717) is 12.3 Å². The maximum absolute atomic E-state index is 13.2. The summed E-state index contributed by atoms with van der Waals surface area (Å²) in [5.41, 5.74) is 1.89. The van der Waals surface area contributed by atoms with E-state index in [-0.39, 0.29) is 23.7 Å². The molecule has 0 saturated heterocycles. The van der Waals surface area contributed by atoms with E-state index in [1.807, 2.05) is 0 Å². The molecule has 0 fully saturated rings. The van der Waals surface area contributed by atoms with Crippen LogP contribution in [-0.2, 0) is 6.42 Å². The average molecular weight is 309 g/mol. The van der Waals surface area contributed by atoms with E-state index >= 15 is 0 Å². The zero-order valence-electron chi connectivity index (χ0n) is 11.4. The van der Waals surface area contributed by atoms with Gasteiger partial charge in [-0.25, -0.2) is 8.78 Å². The minimum absolute atomic E-state index is 0.0180. The fourth-order valence-electron chi connectivity index (χ4n) is 2.76. The second kappa shape index (κ2) is 6.02. The van der Waals surface area contributed by atoms with Crippen molar-refractivity contribution in [2.45, 2.75) is 24.9 Å². The van der Waals surface area contributed by atoms with Crippen LogP contribution >= 0.6 is 11.6 Å². The Labute approximate surface area is 127 Å². The first-order valence-corrected chi connectivity index (χ1v) is 7.45. The van der Waals surface area contributed by atoms with Crippen LogP contribution < -0.4 is 4.74 Å². The van der Waals surface area contributed by atoms with Gasteiger partial charge in [0.25, 0.3) is 0 Å². The summed E-state index contributed by atoms with van der Waals surface area (Å²) in [4.78, 5) is 0. The van der Waals surface area contributed by atoms with E-state index < -0.39 is 0 Å². The summed E-state index contributed by atoms with van der Waals surface area (Å²) in [6.45, 7) is 0. The highest BCUT2D eigenvalue weighted by Crippen LogP contribution is 2.34. The molecule has 0 N–H and O–H groups in total. The van der Waals surface area contributed by atoms with Gasteiger partial charge in [-0.15, -0.1) is 11.6 Å². The molecule has 0 amide bonds. The molecule has 0 radical (unpaired) electrons. The molecule has 0 aromatic heterocycles. The standard InChI is InChI=1S/C17H15ClF2O/c18-10-13(11-1-3-14(19)4-2-11)9-16-8-12-7-15(20)5-6-17(12)21-16/h1-7,13,16H,8-10H2. The first kappa shape index (κ1) is 14.3. The van der Waals surface area contributed by atoms with E-state index in [1.54, 1.807) is 18.2 Å². The van der Waals surface area contributed by atoms with Crippen molar-refractivity contribution in [2.24, 2.45) is 0 Å². The van der Waals surface area contributed by atoms with Gasteiger partial charge in [-0.05, 0) is 42.3 Å². The van der Waals surface area contributed by atoms with E-state index in [1.165, 1.54) is 24.3 Å². The predicted molar refractivity (Wildman–Crippen MR) is 79.0 cm³/mol. The second-order valence-corrected chi connectivity index (χ2v) is 5.64. The van der Waals surface area contributed by atoms with Crippen LogP contribution in [0.1, 0.15) is 23.5 Å². The van der Waals surface area contributed by atoms with Crippen molar-refractivity contribution in [1.82, 2.24) is 0 Å². The third kappa shape index (κ3) is 3.18. The maximum atomic E-state index is 13.2. The van der Waals surface area contributed by atoms with Crippen LogP contribution in [0, 0.1) is 11.6 Å². The zero-order valence-corrected chi connectivity index (χ0v) is 12.1. The molecule has 0 spiro atoms. The summed E-state index contributed by atoms with van der Waals surface area (Å²) in [5.74, 6) is 0.777. The van der Waals surface area contributed by atoms with Crippen molar-refractivity contribution in [1.29, 1.82) is 0 Å². The van der Waals surface area contributed by atoms with Gasteiger partial charge >= 0.3 is 0 Å². The molecule has 0 bridgehead atoms. The summed E-state index contributed by atoms with van der Waals surface area (Å²) in [6, 6.07) is 11.0. The lowest BCUT2D eigenvalue weighted by Crippen LogP contribution is -2.18. The summed E-state index contributed by atoms with van der Waals surface area (Å²) in [7, 11) is 0. The van der Waals surface area contributed by atoms with Gasteiger partial charge in [0.1, 0.15) is 23.5 Å². The Morgan fingerprint density at radius 3 is 2.52 bits per heavy atom. The van der Waals surface area contributed by atoms with Crippen LogP contribution in [0.2, 0.25) is 0 Å². The van der Waals surface area contributed by atoms with Gasteiger partial charge in [-0.2, -0.15) is 0 Å². The van der Waals surface area contributed by atoms with Crippen molar-refractivity contribution in [3.8, 4) is 5.75 Å². The van der Waals surface area contributed by atoms with Gasteiger partial charge in [0.15, 0.2) is 0 Å². The first-order valence-electron chi connectivity index (χ1n) is 6.92. The van der Waals surface area contributed by atoms with Gasteiger partial charge in [0.05, 0.1) is 0 Å². The Bertz CT molecular complexity index is 627. The summed E-state index contributed by atoms with van der Waals surface area (Å²) >= 11 is 6.05. The van der Waals surface area contributed by atoms with Crippen molar-refractivity contribution in [3.05, 3.63) is 65.2 Å². The van der Waals surface area contributed by atoms with E-state index in [9.17, 15) is 8.78 Å². The average Bonchev–Trinajstić information content (AvgIpc) is 2.87. The van der Waals surface area contributed by atoms with Crippen LogP contribution in [0.15, 0.2) is 42.5 Å². The molecular formula is C17H15ClF2O. The van der Waals surface area contributed by atoms with Crippen LogP contribution in [0.3, 0.4) is 0 Å². The fourth-order valence-corrected chi connectivity index (χ4v) is 3.07. The number of hydrogen-bond acceptors (Lipinski definition) is 1. The third-order valence-corrected chi connectivity index (χ3v) is 4.21. The Hall–Kier alpha value is -1.61. The van der Waals surface area contributed by atoms with Crippen molar-refractivity contribution >= 4 is 11.6 Å². The van der Waals surface area contributed by atoms with Crippen LogP contribution in [0.25, 0.3) is 0 Å². The summed E-state index contributed by atoms with van der Waals surface area (Å²) in [6.07, 6.45) is 1.39. The number of hydrogen-bond donors (Lipinski definition) is 0. The molecule has 21 heavy (non-hydrogen) atoms. The van der Waals surface area contributed by atoms with E-state index in [2.05, 4.69) is 0 Å². The number of halogens is 3. The Morgan fingerprint density at radius 2 is 1.81 bits per heavy atom. The van der Waals surface area contributed by atoms with Crippen molar-refractivity contribution in [2.75, 3.05) is 5.88 Å². The fraction of sp³-hybridized carbons (Fsp3) is 0.294. The molecule has 0 aliphatic carbocycles. The van der Waals surface area contributed by atoms with Gasteiger partial charge in [0, 0.05) is 23.8 Å². The molecule has 2 atom stereocenters. The first-order chi connectivity index (χ1) is 10.2. The smallest absolute Gasteiger partial charge is 0.123 e.